The molecule has 3 atom stereocenters. The van der Waals surface area contributed by atoms with Gasteiger partial charge in [0.25, 0.3) is 0 Å². The van der Waals surface area contributed by atoms with E-state index in [2.05, 4.69) is 71.8 Å². The number of hydrogen-bond acceptors (Lipinski definition) is 4. The van der Waals surface area contributed by atoms with Crippen LogP contribution in [0.5, 0.6) is 0 Å². The van der Waals surface area contributed by atoms with Crippen molar-refractivity contribution >= 4 is 29.9 Å². The number of benzene rings is 1. The third kappa shape index (κ3) is 9.23. The molecule has 7 heteroatoms. The summed E-state index contributed by atoms with van der Waals surface area (Å²) < 4.78 is 11.2. The molecule has 3 unspecified atom stereocenters. The lowest BCUT2D eigenvalue weighted by molar-refractivity contribution is 0.0347. The van der Waals surface area contributed by atoms with Gasteiger partial charge in [0.05, 0.1) is 19.3 Å². The van der Waals surface area contributed by atoms with Crippen LogP contribution in [0.25, 0.3) is 0 Å². The molecule has 0 aliphatic carbocycles. The number of hydrogen-bond donors (Lipinski definition) is 2. The van der Waals surface area contributed by atoms with Crippen LogP contribution >= 0.6 is 24.0 Å². The molecule has 27 heavy (non-hydrogen) atoms. The number of halogens is 1. The lowest BCUT2D eigenvalue weighted by atomic mass is 10.2. The molecule has 1 saturated heterocycles. The molecule has 2 N–H and O–H groups in total. The Morgan fingerprint density at radius 3 is 2.70 bits per heavy atom. The Hall–Kier alpha value is -0.900. The lowest BCUT2D eigenvalue weighted by Crippen LogP contribution is -2.48. The van der Waals surface area contributed by atoms with Crippen LogP contribution in [0.15, 0.2) is 35.3 Å². The fraction of sp³-hybridized carbons (Fsp3) is 0.650. The third-order valence-electron chi connectivity index (χ3n) is 4.67. The standard InChI is InChI=1S/C20H34N4O2.HI/c1-16(14-26-19-10-11-25-15-19)23-20(21-3)22-12-17(2)24(4)13-18-8-6-5-7-9-18;/h5-9,16-17,19H,10-15H2,1-4H3,(H2,21,22,23);1H. The van der Waals surface area contributed by atoms with E-state index in [4.69, 9.17) is 9.47 Å². The molecule has 0 radical (unpaired) electrons. The van der Waals surface area contributed by atoms with Crippen molar-refractivity contribution in [3.05, 3.63) is 35.9 Å². The topological polar surface area (TPSA) is 58.1 Å². The molecule has 0 saturated carbocycles. The summed E-state index contributed by atoms with van der Waals surface area (Å²) in [5.74, 6) is 0.809. The van der Waals surface area contributed by atoms with E-state index in [9.17, 15) is 0 Å². The van der Waals surface area contributed by atoms with Gasteiger partial charge in [-0.05, 0) is 32.9 Å². The summed E-state index contributed by atoms with van der Waals surface area (Å²) in [5.41, 5.74) is 1.33. The third-order valence-corrected chi connectivity index (χ3v) is 4.67. The number of likely N-dealkylation sites (N-methyl/N-ethyl adjacent to an activating group) is 1. The van der Waals surface area contributed by atoms with Gasteiger partial charge in [-0.25, -0.2) is 0 Å². The smallest absolute Gasteiger partial charge is 0.191 e. The fourth-order valence-corrected chi connectivity index (χ4v) is 2.82. The van der Waals surface area contributed by atoms with E-state index < -0.39 is 0 Å². The summed E-state index contributed by atoms with van der Waals surface area (Å²) in [5, 5.41) is 6.80. The number of aliphatic imine (C=N–C) groups is 1. The van der Waals surface area contributed by atoms with Crippen molar-refractivity contribution < 1.29 is 9.47 Å². The zero-order chi connectivity index (χ0) is 18.8. The van der Waals surface area contributed by atoms with Gasteiger partial charge >= 0.3 is 0 Å². The quantitative estimate of drug-likeness (QED) is 0.317. The van der Waals surface area contributed by atoms with Crippen molar-refractivity contribution in [1.82, 2.24) is 15.5 Å². The van der Waals surface area contributed by atoms with Crippen LogP contribution in [0.4, 0.5) is 0 Å². The van der Waals surface area contributed by atoms with Crippen molar-refractivity contribution in [3.63, 3.8) is 0 Å². The van der Waals surface area contributed by atoms with Gasteiger partial charge in [-0.3, -0.25) is 9.89 Å². The first-order valence-electron chi connectivity index (χ1n) is 9.49. The maximum Gasteiger partial charge on any atom is 0.191 e. The fourth-order valence-electron chi connectivity index (χ4n) is 2.82. The Bertz CT molecular complexity index is 538. The number of nitrogens with one attached hydrogen (secondary N) is 2. The van der Waals surface area contributed by atoms with Crippen LogP contribution in [0.1, 0.15) is 25.8 Å². The Balaban J connectivity index is 0.00000364. The molecule has 1 aliphatic rings. The summed E-state index contributed by atoms with van der Waals surface area (Å²) in [6.07, 6.45) is 1.23. The largest absolute Gasteiger partial charge is 0.379 e. The Labute approximate surface area is 181 Å². The zero-order valence-corrected chi connectivity index (χ0v) is 19.3. The van der Waals surface area contributed by atoms with Crippen molar-refractivity contribution in [2.45, 2.75) is 45.0 Å². The van der Waals surface area contributed by atoms with E-state index in [0.29, 0.717) is 19.3 Å². The maximum absolute atomic E-state index is 5.86. The molecular formula is C20H35IN4O2. The molecule has 1 fully saturated rings. The molecular weight excluding hydrogens is 455 g/mol. The Morgan fingerprint density at radius 1 is 1.33 bits per heavy atom. The predicted octanol–water partition coefficient (Wildman–Crippen LogP) is 2.48. The highest BCUT2D eigenvalue weighted by Crippen LogP contribution is 2.08. The van der Waals surface area contributed by atoms with E-state index >= 15 is 0 Å². The molecule has 1 heterocycles. The highest BCUT2D eigenvalue weighted by atomic mass is 127. The van der Waals surface area contributed by atoms with Crippen molar-refractivity contribution in [2.75, 3.05) is 40.5 Å². The van der Waals surface area contributed by atoms with Crippen molar-refractivity contribution in [3.8, 4) is 0 Å². The number of guanidine groups is 1. The summed E-state index contributed by atoms with van der Waals surface area (Å²) in [6.45, 7) is 8.26. The van der Waals surface area contributed by atoms with Gasteiger partial charge in [-0.1, -0.05) is 30.3 Å². The number of rotatable bonds is 9. The van der Waals surface area contributed by atoms with Crippen LogP contribution < -0.4 is 10.6 Å². The average molecular weight is 490 g/mol. The molecule has 1 aromatic carbocycles. The lowest BCUT2D eigenvalue weighted by Gasteiger charge is -2.26. The van der Waals surface area contributed by atoms with Crippen LogP contribution in [-0.2, 0) is 16.0 Å². The minimum atomic E-state index is 0. The van der Waals surface area contributed by atoms with Crippen molar-refractivity contribution in [1.29, 1.82) is 0 Å². The van der Waals surface area contributed by atoms with E-state index in [1.54, 1.807) is 7.05 Å². The molecule has 1 aromatic rings. The van der Waals surface area contributed by atoms with Crippen LogP contribution in [-0.4, -0.2) is 69.5 Å². The first kappa shape index (κ1) is 24.1. The highest BCUT2D eigenvalue weighted by Gasteiger charge is 2.17. The molecule has 154 valence electrons. The second kappa shape index (κ2) is 13.3. The second-order valence-electron chi connectivity index (χ2n) is 7.07. The number of nitrogens with zero attached hydrogens (tertiary/aromatic N) is 2. The van der Waals surface area contributed by atoms with Gasteiger partial charge < -0.3 is 20.1 Å². The van der Waals surface area contributed by atoms with E-state index in [0.717, 1.165) is 32.1 Å². The van der Waals surface area contributed by atoms with Crippen LogP contribution in [0, 0.1) is 0 Å². The SMILES string of the molecule is CN=C(NCC(C)N(C)Cc1ccccc1)NC(C)COC1CCOC1.I. The normalized spacial score (nSPS) is 19.4. The van der Waals surface area contributed by atoms with E-state index in [1.165, 1.54) is 5.56 Å². The maximum atomic E-state index is 5.86. The average Bonchev–Trinajstić information content (AvgIpc) is 3.17. The highest BCUT2D eigenvalue weighted by molar-refractivity contribution is 14.0. The molecule has 6 nitrogen and oxygen atoms in total. The summed E-state index contributed by atoms with van der Waals surface area (Å²) in [7, 11) is 3.95. The first-order valence-corrected chi connectivity index (χ1v) is 9.49. The molecule has 0 spiro atoms. The van der Waals surface area contributed by atoms with Gasteiger partial charge in [0.15, 0.2) is 5.96 Å². The van der Waals surface area contributed by atoms with Gasteiger partial charge in [0.1, 0.15) is 0 Å². The van der Waals surface area contributed by atoms with E-state index in [1.807, 2.05) is 0 Å². The minimum Gasteiger partial charge on any atom is -0.379 e. The molecule has 0 aromatic heterocycles. The van der Waals surface area contributed by atoms with Crippen LogP contribution in [0.2, 0.25) is 0 Å². The molecule has 0 bridgehead atoms. The second-order valence-corrected chi connectivity index (χ2v) is 7.07. The first-order chi connectivity index (χ1) is 12.6. The minimum absolute atomic E-state index is 0. The van der Waals surface area contributed by atoms with E-state index in [-0.39, 0.29) is 36.1 Å². The molecule has 1 aliphatic heterocycles. The summed E-state index contributed by atoms with van der Waals surface area (Å²) in [6, 6.07) is 11.1. The van der Waals surface area contributed by atoms with Crippen LogP contribution in [0.3, 0.4) is 0 Å². The summed E-state index contributed by atoms with van der Waals surface area (Å²) in [4.78, 5) is 6.65. The van der Waals surface area contributed by atoms with Gasteiger partial charge in [0.2, 0.25) is 0 Å². The monoisotopic (exact) mass is 490 g/mol. The number of ether oxygens (including phenoxy) is 2. The Morgan fingerprint density at radius 2 is 2.07 bits per heavy atom. The molecule has 2 rings (SSSR count). The zero-order valence-electron chi connectivity index (χ0n) is 17.0. The van der Waals surface area contributed by atoms with Gasteiger partial charge in [-0.15, -0.1) is 24.0 Å². The van der Waals surface area contributed by atoms with Crippen molar-refractivity contribution in [2.24, 2.45) is 4.99 Å². The van der Waals surface area contributed by atoms with Gasteiger partial charge in [-0.2, -0.15) is 0 Å². The molecule has 0 amide bonds. The predicted molar refractivity (Wildman–Crippen MR) is 122 cm³/mol. The summed E-state index contributed by atoms with van der Waals surface area (Å²) >= 11 is 0. The Kier molecular flexibility index (Phi) is 11.9. The van der Waals surface area contributed by atoms with Gasteiger partial charge in [0, 0.05) is 38.8 Å².